The van der Waals surface area contributed by atoms with E-state index in [1.54, 1.807) is 16.9 Å². The molecule has 3 aromatic heterocycles. The summed E-state index contributed by atoms with van der Waals surface area (Å²) in [7, 11) is 1.83. The zero-order valence-electron chi connectivity index (χ0n) is 18.3. The molecule has 9 heteroatoms. The number of anilines is 2. The van der Waals surface area contributed by atoms with Crippen LogP contribution in [0.4, 0.5) is 11.6 Å². The Hall–Kier alpha value is -3.52. The van der Waals surface area contributed by atoms with Crippen LogP contribution >= 0.6 is 11.6 Å². The highest BCUT2D eigenvalue weighted by Crippen LogP contribution is 2.35. The van der Waals surface area contributed by atoms with Crippen molar-refractivity contribution < 1.29 is 4.79 Å². The maximum absolute atomic E-state index is 12.7. The van der Waals surface area contributed by atoms with Gasteiger partial charge in [-0.25, -0.2) is 9.97 Å². The number of benzene rings is 1. The lowest BCUT2D eigenvalue weighted by Crippen LogP contribution is -2.18. The van der Waals surface area contributed by atoms with Crippen LogP contribution in [0.25, 0.3) is 33.5 Å². The molecule has 5 rings (SSSR count). The molecule has 1 amide bonds. The normalized spacial score (nSPS) is 14.1. The second-order valence-corrected chi connectivity index (χ2v) is 8.87. The summed E-state index contributed by atoms with van der Waals surface area (Å²) in [5.74, 6) is 0.709. The number of aromatic nitrogens is 5. The van der Waals surface area contributed by atoms with Gasteiger partial charge in [-0.15, -0.1) is 0 Å². The van der Waals surface area contributed by atoms with Crippen LogP contribution in [0.1, 0.15) is 32.1 Å². The van der Waals surface area contributed by atoms with E-state index in [0.29, 0.717) is 40.0 Å². The molecule has 0 atom stereocenters. The summed E-state index contributed by atoms with van der Waals surface area (Å²) in [4.78, 5) is 26.4. The van der Waals surface area contributed by atoms with Gasteiger partial charge in [0, 0.05) is 36.8 Å². The van der Waals surface area contributed by atoms with Crippen LogP contribution in [0, 0.1) is 5.92 Å². The van der Waals surface area contributed by atoms with E-state index in [-0.39, 0.29) is 17.5 Å². The lowest BCUT2D eigenvalue weighted by molar-refractivity contribution is -0.117. The lowest BCUT2D eigenvalue weighted by atomic mass is 10.0. The van der Waals surface area contributed by atoms with E-state index in [1.165, 1.54) is 12.8 Å². The molecular formula is C24H24ClN7O. The monoisotopic (exact) mass is 461 g/mol. The van der Waals surface area contributed by atoms with E-state index in [0.717, 1.165) is 23.8 Å². The van der Waals surface area contributed by atoms with E-state index in [9.17, 15) is 4.79 Å². The number of aryl methyl sites for hydroxylation is 1. The van der Waals surface area contributed by atoms with Gasteiger partial charge >= 0.3 is 0 Å². The average Bonchev–Trinajstić information content (AvgIpc) is 3.46. The Labute approximate surface area is 196 Å². The molecule has 0 saturated heterocycles. The Morgan fingerprint density at radius 1 is 1.21 bits per heavy atom. The third kappa shape index (κ3) is 4.39. The van der Waals surface area contributed by atoms with Crippen molar-refractivity contribution in [1.29, 1.82) is 0 Å². The van der Waals surface area contributed by atoms with Gasteiger partial charge in [0.1, 0.15) is 17.1 Å². The van der Waals surface area contributed by atoms with Gasteiger partial charge in [0.05, 0.1) is 10.5 Å². The molecule has 1 saturated carbocycles. The number of carbonyl (C=O) groups excluding carboxylic acids is 1. The second-order valence-electron chi connectivity index (χ2n) is 8.47. The van der Waals surface area contributed by atoms with Crippen LogP contribution in [0.2, 0.25) is 5.02 Å². The first-order valence-electron chi connectivity index (χ1n) is 11.0. The number of nitrogens with zero attached hydrogens (tertiary/aromatic N) is 5. The summed E-state index contributed by atoms with van der Waals surface area (Å²) >= 11 is 6.54. The number of hydrogen-bond acceptors (Lipinski definition) is 6. The van der Waals surface area contributed by atoms with Crippen LogP contribution in [0.5, 0.6) is 0 Å². The number of nitrogens with one attached hydrogen (secondary N) is 1. The average molecular weight is 462 g/mol. The number of rotatable bonds is 5. The molecule has 0 radical (unpaired) electrons. The van der Waals surface area contributed by atoms with Crippen molar-refractivity contribution in [3.8, 4) is 22.6 Å². The van der Waals surface area contributed by atoms with Crippen molar-refractivity contribution in [3.63, 3.8) is 0 Å². The van der Waals surface area contributed by atoms with E-state index in [1.807, 2.05) is 37.5 Å². The maximum atomic E-state index is 12.7. The topological polar surface area (TPSA) is 112 Å². The molecule has 1 aliphatic carbocycles. The first kappa shape index (κ1) is 21.3. The predicted molar refractivity (Wildman–Crippen MR) is 130 cm³/mol. The first-order chi connectivity index (χ1) is 16.0. The highest BCUT2D eigenvalue weighted by Gasteiger charge is 2.22. The van der Waals surface area contributed by atoms with Gasteiger partial charge in [0.2, 0.25) is 5.91 Å². The summed E-state index contributed by atoms with van der Waals surface area (Å²) in [6.07, 6.45) is 8.52. The summed E-state index contributed by atoms with van der Waals surface area (Å²) < 4.78 is 1.69. The molecule has 1 aromatic carbocycles. The van der Waals surface area contributed by atoms with E-state index < -0.39 is 0 Å². The number of nitrogens with two attached hydrogens (primary N) is 1. The Kier molecular flexibility index (Phi) is 5.68. The first-order valence-corrected chi connectivity index (χ1v) is 11.4. The molecule has 1 aliphatic rings. The third-order valence-electron chi connectivity index (χ3n) is 6.02. The molecule has 3 heterocycles. The highest BCUT2D eigenvalue weighted by atomic mass is 35.5. The number of hydrogen-bond donors (Lipinski definition) is 2. The standard InChI is InChI=1S/C24H24ClN7O/c1-32-10-8-18(31-32)22-21(16-12-15-7-4-9-27-20(15)17(25)13-16)30-24(23(26)29-22)28-19(33)11-14-5-2-3-6-14/h4,7-10,12-14H,2-3,5-6,11H2,1H3,(H2,26,29)(H,28,30,33). The molecule has 8 nitrogen and oxygen atoms in total. The minimum Gasteiger partial charge on any atom is -0.381 e. The number of halogens is 1. The van der Waals surface area contributed by atoms with Crippen molar-refractivity contribution in [2.45, 2.75) is 32.1 Å². The zero-order valence-corrected chi connectivity index (χ0v) is 19.0. The number of fused-ring (bicyclic) bond motifs is 1. The Balaban J connectivity index is 1.59. The van der Waals surface area contributed by atoms with E-state index in [2.05, 4.69) is 20.4 Å². The summed E-state index contributed by atoms with van der Waals surface area (Å²) in [5.41, 5.74) is 9.34. The van der Waals surface area contributed by atoms with Crippen molar-refractivity contribution in [3.05, 3.63) is 47.7 Å². The smallest absolute Gasteiger partial charge is 0.225 e. The number of carbonyl (C=O) groups is 1. The molecule has 168 valence electrons. The number of amides is 1. The van der Waals surface area contributed by atoms with Gasteiger partial charge in [-0.1, -0.05) is 30.5 Å². The van der Waals surface area contributed by atoms with E-state index >= 15 is 0 Å². The molecule has 0 aliphatic heterocycles. The summed E-state index contributed by atoms with van der Waals surface area (Å²) in [6.45, 7) is 0. The SMILES string of the molecule is Cn1ccc(-c2nc(N)c(NC(=O)CC3CCCC3)nc2-c2cc(Cl)c3ncccc3c2)n1. The lowest BCUT2D eigenvalue weighted by Gasteiger charge is -2.14. The van der Waals surface area contributed by atoms with Crippen LogP contribution in [-0.4, -0.2) is 30.6 Å². The van der Waals surface area contributed by atoms with Gasteiger partial charge in [-0.05, 0) is 43.0 Å². The summed E-state index contributed by atoms with van der Waals surface area (Å²) in [5, 5.41) is 8.73. The third-order valence-corrected chi connectivity index (χ3v) is 6.31. The van der Waals surface area contributed by atoms with Crippen molar-refractivity contribution in [1.82, 2.24) is 24.7 Å². The fourth-order valence-electron chi connectivity index (χ4n) is 4.41. The van der Waals surface area contributed by atoms with Gasteiger partial charge < -0.3 is 11.1 Å². The van der Waals surface area contributed by atoms with Crippen LogP contribution in [0.15, 0.2) is 42.7 Å². The molecule has 33 heavy (non-hydrogen) atoms. The van der Waals surface area contributed by atoms with Crippen LogP contribution < -0.4 is 11.1 Å². The van der Waals surface area contributed by atoms with Gasteiger partial charge in [-0.3, -0.25) is 14.5 Å². The minimum atomic E-state index is -0.0971. The fourth-order valence-corrected chi connectivity index (χ4v) is 4.68. The summed E-state index contributed by atoms with van der Waals surface area (Å²) in [6, 6.07) is 9.38. The largest absolute Gasteiger partial charge is 0.381 e. The minimum absolute atomic E-state index is 0.0971. The molecule has 0 bridgehead atoms. The molecule has 1 fully saturated rings. The van der Waals surface area contributed by atoms with Crippen molar-refractivity contribution >= 4 is 40.0 Å². The molecule has 0 unspecified atom stereocenters. The maximum Gasteiger partial charge on any atom is 0.225 e. The molecule has 0 spiro atoms. The van der Waals surface area contributed by atoms with Gasteiger partial charge in [0.15, 0.2) is 11.6 Å². The molecule has 3 N–H and O–H groups in total. The second kappa shape index (κ2) is 8.78. The predicted octanol–water partition coefficient (Wildman–Crippen LogP) is 4.85. The van der Waals surface area contributed by atoms with Crippen LogP contribution in [0.3, 0.4) is 0 Å². The van der Waals surface area contributed by atoms with Crippen molar-refractivity contribution in [2.24, 2.45) is 13.0 Å². The van der Waals surface area contributed by atoms with Gasteiger partial charge in [-0.2, -0.15) is 5.10 Å². The van der Waals surface area contributed by atoms with E-state index in [4.69, 9.17) is 22.3 Å². The number of pyridine rings is 1. The zero-order chi connectivity index (χ0) is 22.9. The van der Waals surface area contributed by atoms with Crippen molar-refractivity contribution in [2.75, 3.05) is 11.1 Å². The number of nitrogen functional groups attached to an aromatic ring is 1. The van der Waals surface area contributed by atoms with Crippen LogP contribution in [-0.2, 0) is 11.8 Å². The molecular weight excluding hydrogens is 438 g/mol. The molecule has 4 aromatic rings. The Morgan fingerprint density at radius 3 is 2.79 bits per heavy atom. The fraction of sp³-hybridized carbons (Fsp3) is 0.292. The van der Waals surface area contributed by atoms with Gasteiger partial charge in [0.25, 0.3) is 0 Å². The highest BCUT2D eigenvalue weighted by molar-refractivity contribution is 6.35. The Bertz CT molecular complexity index is 1340. The Morgan fingerprint density at radius 2 is 2.03 bits per heavy atom. The quantitative estimate of drug-likeness (QED) is 0.439.